The monoisotopic (exact) mass is 226 g/mol. The molecule has 0 aliphatic rings. The van der Waals surface area contributed by atoms with Gasteiger partial charge in [-0.15, -0.1) is 0 Å². The lowest BCUT2D eigenvalue weighted by Crippen LogP contribution is -2.15. The van der Waals surface area contributed by atoms with E-state index in [0.29, 0.717) is 22.3 Å². The van der Waals surface area contributed by atoms with Gasteiger partial charge in [-0.1, -0.05) is 25.4 Å². The van der Waals surface area contributed by atoms with Crippen LogP contribution in [0.1, 0.15) is 36.3 Å². The maximum absolute atomic E-state index is 11.1. The van der Waals surface area contributed by atoms with Crippen molar-refractivity contribution in [3.63, 3.8) is 0 Å². The SMILES string of the molecule is CC(C)CCc1nc(Cl)ccc1C(N)=O. The Morgan fingerprint density at radius 3 is 2.73 bits per heavy atom. The number of aromatic nitrogens is 1. The minimum absolute atomic E-state index is 0.402. The quantitative estimate of drug-likeness (QED) is 0.802. The summed E-state index contributed by atoms with van der Waals surface area (Å²) in [5.74, 6) is 0.115. The van der Waals surface area contributed by atoms with Crippen molar-refractivity contribution in [1.29, 1.82) is 0 Å². The van der Waals surface area contributed by atoms with Crippen LogP contribution in [0.15, 0.2) is 12.1 Å². The molecule has 0 radical (unpaired) electrons. The van der Waals surface area contributed by atoms with Crippen LogP contribution in [-0.2, 0) is 6.42 Å². The van der Waals surface area contributed by atoms with Crippen LogP contribution < -0.4 is 5.73 Å². The zero-order valence-electron chi connectivity index (χ0n) is 8.96. The van der Waals surface area contributed by atoms with Crippen LogP contribution in [0.25, 0.3) is 0 Å². The molecule has 0 bridgehead atoms. The van der Waals surface area contributed by atoms with E-state index in [2.05, 4.69) is 18.8 Å². The largest absolute Gasteiger partial charge is 0.366 e. The number of carbonyl (C=O) groups is 1. The molecular weight excluding hydrogens is 212 g/mol. The van der Waals surface area contributed by atoms with E-state index in [0.717, 1.165) is 12.8 Å². The molecule has 0 atom stereocenters. The van der Waals surface area contributed by atoms with Crippen LogP contribution in [0, 0.1) is 5.92 Å². The molecule has 1 rings (SSSR count). The lowest BCUT2D eigenvalue weighted by Gasteiger charge is -2.07. The van der Waals surface area contributed by atoms with E-state index >= 15 is 0 Å². The van der Waals surface area contributed by atoms with E-state index in [-0.39, 0.29) is 0 Å². The molecule has 0 fully saturated rings. The predicted octanol–water partition coefficient (Wildman–Crippen LogP) is 2.42. The third-order valence-electron chi connectivity index (χ3n) is 2.16. The molecule has 0 aliphatic carbocycles. The van der Waals surface area contributed by atoms with Crippen LogP contribution >= 0.6 is 11.6 Å². The Hall–Kier alpha value is -1.09. The van der Waals surface area contributed by atoms with Crippen molar-refractivity contribution in [2.24, 2.45) is 11.7 Å². The molecule has 1 aromatic heterocycles. The summed E-state index contributed by atoms with van der Waals surface area (Å²) in [6.07, 6.45) is 1.70. The highest BCUT2D eigenvalue weighted by molar-refractivity contribution is 6.29. The van der Waals surface area contributed by atoms with Crippen molar-refractivity contribution in [2.75, 3.05) is 0 Å². The first kappa shape index (κ1) is 12.0. The van der Waals surface area contributed by atoms with Crippen LogP contribution in [0.2, 0.25) is 5.15 Å². The summed E-state index contributed by atoms with van der Waals surface area (Å²) in [4.78, 5) is 15.2. The molecule has 1 aromatic rings. The normalized spacial score (nSPS) is 10.7. The summed E-state index contributed by atoms with van der Waals surface area (Å²) in [6.45, 7) is 4.24. The Bertz CT molecular complexity index is 364. The standard InChI is InChI=1S/C11H15ClN2O/c1-7(2)3-5-9-8(11(13)15)4-6-10(12)14-9/h4,6-7H,3,5H2,1-2H3,(H2,13,15). The van der Waals surface area contributed by atoms with Gasteiger partial charge in [0.15, 0.2) is 0 Å². The van der Waals surface area contributed by atoms with Gasteiger partial charge in [0.25, 0.3) is 5.91 Å². The number of amides is 1. The molecule has 15 heavy (non-hydrogen) atoms. The second kappa shape index (κ2) is 5.12. The molecule has 0 spiro atoms. The fourth-order valence-electron chi connectivity index (χ4n) is 1.32. The Morgan fingerprint density at radius 1 is 1.53 bits per heavy atom. The topological polar surface area (TPSA) is 56.0 Å². The molecule has 4 heteroatoms. The maximum atomic E-state index is 11.1. The highest BCUT2D eigenvalue weighted by atomic mass is 35.5. The molecule has 1 heterocycles. The molecule has 0 aromatic carbocycles. The first-order valence-electron chi connectivity index (χ1n) is 4.96. The summed E-state index contributed by atoms with van der Waals surface area (Å²) in [6, 6.07) is 3.22. The Labute approximate surface area is 94.6 Å². The summed E-state index contributed by atoms with van der Waals surface area (Å²) in [5, 5.41) is 0.402. The number of carbonyl (C=O) groups excluding carboxylic acids is 1. The molecule has 0 unspecified atom stereocenters. The van der Waals surface area contributed by atoms with E-state index in [1.54, 1.807) is 12.1 Å². The number of hydrogen-bond acceptors (Lipinski definition) is 2. The minimum Gasteiger partial charge on any atom is -0.366 e. The number of nitrogens with zero attached hydrogens (tertiary/aromatic N) is 1. The van der Waals surface area contributed by atoms with Gasteiger partial charge in [-0.2, -0.15) is 0 Å². The number of primary amides is 1. The highest BCUT2D eigenvalue weighted by Crippen LogP contribution is 2.15. The lowest BCUT2D eigenvalue weighted by molar-refractivity contribution is 0.0999. The third kappa shape index (κ3) is 3.51. The van der Waals surface area contributed by atoms with Gasteiger partial charge in [0.05, 0.1) is 11.3 Å². The smallest absolute Gasteiger partial charge is 0.250 e. The Balaban J connectivity index is 2.92. The van der Waals surface area contributed by atoms with Gasteiger partial charge in [0, 0.05) is 0 Å². The van der Waals surface area contributed by atoms with E-state index in [1.807, 2.05) is 0 Å². The first-order valence-corrected chi connectivity index (χ1v) is 5.33. The number of pyridine rings is 1. The molecule has 2 N–H and O–H groups in total. The highest BCUT2D eigenvalue weighted by Gasteiger charge is 2.10. The van der Waals surface area contributed by atoms with Crippen molar-refractivity contribution in [3.05, 3.63) is 28.5 Å². The fraction of sp³-hybridized carbons (Fsp3) is 0.455. The van der Waals surface area contributed by atoms with Gasteiger partial charge in [-0.05, 0) is 30.9 Å². The molecule has 1 amide bonds. The summed E-state index contributed by atoms with van der Waals surface area (Å²) in [5.41, 5.74) is 6.42. The number of aryl methyl sites for hydroxylation is 1. The van der Waals surface area contributed by atoms with E-state index in [1.165, 1.54) is 0 Å². The zero-order valence-corrected chi connectivity index (χ0v) is 9.71. The van der Waals surface area contributed by atoms with E-state index in [9.17, 15) is 4.79 Å². The lowest BCUT2D eigenvalue weighted by atomic mass is 10.0. The van der Waals surface area contributed by atoms with Gasteiger partial charge in [-0.25, -0.2) is 4.98 Å². The summed E-state index contributed by atoms with van der Waals surface area (Å²) >= 11 is 5.77. The Morgan fingerprint density at radius 2 is 2.20 bits per heavy atom. The summed E-state index contributed by atoms with van der Waals surface area (Å²) < 4.78 is 0. The van der Waals surface area contributed by atoms with Gasteiger partial charge in [-0.3, -0.25) is 4.79 Å². The summed E-state index contributed by atoms with van der Waals surface area (Å²) in [7, 11) is 0. The van der Waals surface area contributed by atoms with Crippen molar-refractivity contribution in [3.8, 4) is 0 Å². The second-order valence-electron chi connectivity index (χ2n) is 3.93. The third-order valence-corrected chi connectivity index (χ3v) is 2.37. The molecule has 0 aliphatic heterocycles. The number of halogens is 1. The number of rotatable bonds is 4. The van der Waals surface area contributed by atoms with E-state index < -0.39 is 5.91 Å². The van der Waals surface area contributed by atoms with Crippen LogP contribution in [0.3, 0.4) is 0 Å². The molecular formula is C11H15ClN2O. The molecule has 0 saturated heterocycles. The molecule has 3 nitrogen and oxygen atoms in total. The van der Waals surface area contributed by atoms with Crippen LogP contribution in [0.4, 0.5) is 0 Å². The fourth-order valence-corrected chi connectivity index (χ4v) is 1.48. The average Bonchev–Trinajstić information content (AvgIpc) is 2.14. The number of nitrogens with two attached hydrogens (primary N) is 1. The zero-order chi connectivity index (χ0) is 11.4. The van der Waals surface area contributed by atoms with Gasteiger partial charge in [0.2, 0.25) is 0 Å². The van der Waals surface area contributed by atoms with Crippen molar-refractivity contribution in [2.45, 2.75) is 26.7 Å². The minimum atomic E-state index is -0.446. The van der Waals surface area contributed by atoms with Crippen molar-refractivity contribution in [1.82, 2.24) is 4.98 Å². The van der Waals surface area contributed by atoms with Gasteiger partial charge < -0.3 is 5.73 Å². The second-order valence-corrected chi connectivity index (χ2v) is 4.31. The molecule has 0 saturated carbocycles. The average molecular weight is 227 g/mol. The van der Waals surface area contributed by atoms with Gasteiger partial charge in [0.1, 0.15) is 5.15 Å². The Kier molecular flexibility index (Phi) is 4.09. The van der Waals surface area contributed by atoms with Gasteiger partial charge >= 0.3 is 0 Å². The number of hydrogen-bond donors (Lipinski definition) is 1. The van der Waals surface area contributed by atoms with Crippen molar-refractivity contribution >= 4 is 17.5 Å². The predicted molar refractivity (Wildman–Crippen MR) is 60.9 cm³/mol. The van der Waals surface area contributed by atoms with Crippen LogP contribution in [-0.4, -0.2) is 10.9 Å². The van der Waals surface area contributed by atoms with Crippen molar-refractivity contribution < 1.29 is 4.79 Å². The molecule has 82 valence electrons. The van der Waals surface area contributed by atoms with Crippen LogP contribution in [0.5, 0.6) is 0 Å². The maximum Gasteiger partial charge on any atom is 0.250 e. The first-order chi connectivity index (χ1) is 7.00. The van der Waals surface area contributed by atoms with E-state index in [4.69, 9.17) is 17.3 Å².